The largest absolute Gasteiger partial charge is 0.451 e. The van der Waals surface area contributed by atoms with Crippen LogP contribution in [0, 0.1) is 0 Å². The first-order valence-corrected chi connectivity index (χ1v) is 8.95. The van der Waals surface area contributed by atoms with Crippen LogP contribution in [0.25, 0.3) is 11.0 Å². The molecule has 0 radical (unpaired) electrons. The highest BCUT2D eigenvalue weighted by Gasteiger charge is 2.30. The number of carbonyl (C=O) groups is 1. The highest BCUT2D eigenvalue weighted by Crippen LogP contribution is 2.24. The molecule has 1 amide bonds. The summed E-state index contributed by atoms with van der Waals surface area (Å²) in [6.45, 7) is 0.705. The van der Waals surface area contributed by atoms with Crippen LogP contribution in [0.3, 0.4) is 0 Å². The minimum absolute atomic E-state index is 0.129. The molecule has 2 aromatic heterocycles. The monoisotopic (exact) mass is 348 g/mol. The van der Waals surface area contributed by atoms with Crippen LogP contribution in [0.5, 0.6) is 0 Å². The van der Waals surface area contributed by atoms with Gasteiger partial charge in [0.15, 0.2) is 11.2 Å². The Labute approximate surface area is 151 Å². The second kappa shape index (κ2) is 7.12. The summed E-state index contributed by atoms with van der Waals surface area (Å²) in [5, 5.41) is 0.500. The fourth-order valence-corrected chi connectivity index (χ4v) is 3.64. The lowest BCUT2D eigenvalue weighted by molar-refractivity contribution is 0.0699. The van der Waals surface area contributed by atoms with Crippen molar-refractivity contribution in [2.24, 2.45) is 0 Å². The van der Waals surface area contributed by atoms with Gasteiger partial charge < -0.3 is 9.32 Å². The van der Waals surface area contributed by atoms with E-state index in [1.807, 2.05) is 17.0 Å². The minimum atomic E-state index is -0.190. The Kier molecular flexibility index (Phi) is 4.52. The topological polar surface area (TPSA) is 63.4 Å². The molecule has 0 aliphatic carbocycles. The molecule has 132 valence electrons. The molecule has 26 heavy (non-hydrogen) atoms. The number of amides is 1. The van der Waals surface area contributed by atoms with Crippen LogP contribution in [0.15, 0.2) is 64.1 Å². The summed E-state index contributed by atoms with van der Waals surface area (Å²) in [6, 6.07) is 12.5. The summed E-state index contributed by atoms with van der Waals surface area (Å²) in [7, 11) is 0. The average Bonchev–Trinajstić information content (AvgIpc) is 3.15. The van der Waals surface area contributed by atoms with Crippen molar-refractivity contribution in [1.82, 2.24) is 9.88 Å². The van der Waals surface area contributed by atoms with E-state index < -0.39 is 0 Å². The number of fused-ring (bicyclic) bond motifs is 1. The highest BCUT2D eigenvalue weighted by atomic mass is 16.3. The molecular weight excluding hydrogens is 328 g/mol. The molecule has 1 saturated heterocycles. The Hall–Kier alpha value is -2.95. The van der Waals surface area contributed by atoms with E-state index in [4.69, 9.17) is 4.42 Å². The third kappa shape index (κ3) is 3.25. The third-order valence-electron chi connectivity index (χ3n) is 5.00. The predicted octanol–water partition coefficient (Wildman–Crippen LogP) is 3.43. The van der Waals surface area contributed by atoms with E-state index in [-0.39, 0.29) is 23.1 Å². The van der Waals surface area contributed by atoms with Crippen LogP contribution < -0.4 is 5.43 Å². The van der Waals surface area contributed by atoms with Gasteiger partial charge in [0.1, 0.15) is 5.58 Å². The predicted molar refractivity (Wildman–Crippen MR) is 99.1 cm³/mol. The normalized spacial score (nSPS) is 16.9. The maximum Gasteiger partial charge on any atom is 0.289 e. The average molecular weight is 348 g/mol. The number of nitrogens with zero attached hydrogens (tertiary/aromatic N) is 2. The molecule has 0 saturated carbocycles. The van der Waals surface area contributed by atoms with Gasteiger partial charge in [-0.2, -0.15) is 0 Å². The SMILES string of the molecule is O=C(c1cc(=O)c2ccccc2o1)N1CCCC1CCc1ccncc1. The molecule has 1 aliphatic heterocycles. The Balaban J connectivity index is 1.54. The highest BCUT2D eigenvalue weighted by molar-refractivity contribution is 5.93. The maximum atomic E-state index is 12.9. The van der Waals surface area contributed by atoms with Gasteiger partial charge in [-0.1, -0.05) is 12.1 Å². The summed E-state index contributed by atoms with van der Waals surface area (Å²) in [4.78, 5) is 31.1. The van der Waals surface area contributed by atoms with E-state index in [1.165, 1.54) is 11.6 Å². The van der Waals surface area contributed by atoms with E-state index in [1.54, 1.807) is 36.7 Å². The van der Waals surface area contributed by atoms with E-state index in [2.05, 4.69) is 4.98 Å². The van der Waals surface area contributed by atoms with Gasteiger partial charge in [-0.15, -0.1) is 0 Å². The zero-order valence-corrected chi connectivity index (χ0v) is 14.4. The first-order valence-electron chi connectivity index (χ1n) is 8.95. The number of aryl methyl sites for hydroxylation is 1. The van der Waals surface area contributed by atoms with Crippen molar-refractivity contribution in [2.45, 2.75) is 31.7 Å². The van der Waals surface area contributed by atoms with Crippen molar-refractivity contribution in [3.8, 4) is 0 Å². The lowest BCUT2D eigenvalue weighted by atomic mass is 10.0. The van der Waals surface area contributed by atoms with Gasteiger partial charge in [-0.05, 0) is 55.5 Å². The van der Waals surface area contributed by atoms with Crippen molar-refractivity contribution in [3.63, 3.8) is 0 Å². The smallest absolute Gasteiger partial charge is 0.289 e. The number of likely N-dealkylation sites (tertiary alicyclic amines) is 1. The van der Waals surface area contributed by atoms with E-state index >= 15 is 0 Å². The second-order valence-corrected chi connectivity index (χ2v) is 6.66. The van der Waals surface area contributed by atoms with E-state index in [0.29, 0.717) is 17.5 Å². The van der Waals surface area contributed by atoms with Crippen LogP contribution in [-0.4, -0.2) is 28.4 Å². The molecule has 3 aromatic rings. The number of benzene rings is 1. The number of hydrogen-bond acceptors (Lipinski definition) is 4. The zero-order valence-electron chi connectivity index (χ0n) is 14.4. The van der Waals surface area contributed by atoms with Gasteiger partial charge in [0, 0.05) is 31.0 Å². The molecule has 3 heterocycles. The van der Waals surface area contributed by atoms with Crippen molar-refractivity contribution < 1.29 is 9.21 Å². The van der Waals surface area contributed by atoms with Crippen molar-refractivity contribution in [1.29, 1.82) is 0 Å². The number of rotatable bonds is 4. The molecule has 1 aromatic carbocycles. The Morgan fingerprint density at radius 2 is 2.00 bits per heavy atom. The molecular formula is C21H20N2O3. The van der Waals surface area contributed by atoms with E-state index in [0.717, 1.165) is 25.7 Å². The summed E-state index contributed by atoms with van der Waals surface area (Å²) >= 11 is 0. The number of para-hydroxylation sites is 1. The summed E-state index contributed by atoms with van der Waals surface area (Å²) in [5.74, 6) is -0.0606. The first-order chi connectivity index (χ1) is 12.7. The van der Waals surface area contributed by atoms with Gasteiger partial charge in [0.05, 0.1) is 5.39 Å². The Morgan fingerprint density at radius 1 is 1.19 bits per heavy atom. The summed E-state index contributed by atoms with van der Waals surface area (Å²) in [6.07, 6.45) is 7.33. The molecule has 4 rings (SSSR count). The maximum absolute atomic E-state index is 12.9. The quantitative estimate of drug-likeness (QED) is 0.725. The molecule has 1 atom stereocenters. The fraction of sp³-hybridized carbons (Fsp3) is 0.286. The van der Waals surface area contributed by atoms with Crippen LogP contribution >= 0.6 is 0 Å². The number of pyridine rings is 1. The summed E-state index contributed by atoms with van der Waals surface area (Å²) in [5.41, 5.74) is 1.50. The van der Waals surface area contributed by atoms with Gasteiger partial charge in [-0.3, -0.25) is 14.6 Å². The zero-order chi connectivity index (χ0) is 17.9. The van der Waals surface area contributed by atoms with Crippen LogP contribution in [0.2, 0.25) is 0 Å². The Morgan fingerprint density at radius 3 is 2.85 bits per heavy atom. The third-order valence-corrected chi connectivity index (χ3v) is 5.00. The molecule has 0 N–H and O–H groups in total. The molecule has 1 unspecified atom stereocenters. The lowest BCUT2D eigenvalue weighted by Gasteiger charge is -2.24. The first kappa shape index (κ1) is 16.5. The molecule has 5 nitrogen and oxygen atoms in total. The second-order valence-electron chi connectivity index (χ2n) is 6.66. The summed E-state index contributed by atoms with van der Waals surface area (Å²) < 4.78 is 5.73. The number of aromatic nitrogens is 1. The minimum Gasteiger partial charge on any atom is -0.451 e. The van der Waals surface area contributed by atoms with Crippen molar-refractivity contribution >= 4 is 16.9 Å². The molecule has 1 fully saturated rings. The lowest BCUT2D eigenvalue weighted by Crippen LogP contribution is -2.36. The van der Waals surface area contributed by atoms with Gasteiger partial charge in [0.2, 0.25) is 0 Å². The standard InChI is InChI=1S/C21H20N2O3/c24-18-14-20(26-19-6-2-1-5-17(18)19)21(25)23-13-3-4-16(23)8-7-15-9-11-22-12-10-15/h1-2,5-6,9-12,14,16H,3-4,7-8,13H2. The van der Waals surface area contributed by atoms with Crippen molar-refractivity contribution in [2.75, 3.05) is 6.54 Å². The van der Waals surface area contributed by atoms with Gasteiger partial charge >= 0.3 is 0 Å². The number of hydrogen-bond donors (Lipinski definition) is 0. The van der Waals surface area contributed by atoms with Gasteiger partial charge in [-0.25, -0.2) is 0 Å². The molecule has 1 aliphatic rings. The van der Waals surface area contributed by atoms with Crippen LogP contribution in [0.4, 0.5) is 0 Å². The van der Waals surface area contributed by atoms with Crippen LogP contribution in [-0.2, 0) is 6.42 Å². The van der Waals surface area contributed by atoms with Crippen molar-refractivity contribution in [3.05, 3.63) is 76.4 Å². The van der Waals surface area contributed by atoms with E-state index in [9.17, 15) is 9.59 Å². The number of carbonyl (C=O) groups excluding carboxylic acids is 1. The van der Waals surface area contributed by atoms with Crippen LogP contribution in [0.1, 0.15) is 35.4 Å². The Bertz CT molecular complexity index is 981. The van der Waals surface area contributed by atoms with Gasteiger partial charge in [0.25, 0.3) is 5.91 Å². The fourth-order valence-electron chi connectivity index (χ4n) is 3.64. The molecule has 0 spiro atoms. The molecule has 0 bridgehead atoms. The molecule has 5 heteroatoms.